The molecule has 5 rings (SSSR count). The first-order chi connectivity index (χ1) is 16.1. The first-order valence-corrected chi connectivity index (χ1v) is 11.9. The zero-order valence-corrected chi connectivity index (χ0v) is 19.8. The van der Waals surface area contributed by atoms with E-state index in [1.54, 1.807) is 0 Å². The molecule has 1 fully saturated rings. The first-order valence-electron chi connectivity index (χ1n) is 11.5. The van der Waals surface area contributed by atoms with Gasteiger partial charge in [-0.1, -0.05) is 66.7 Å². The maximum Gasteiger partial charge on any atom is 0.258 e. The van der Waals surface area contributed by atoms with Gasteiger partial charge in [0.1, 0.15) is 0 Å². The van der Waals surface area contributed by atoms with E-state index in [9.17, 15) is 0 Å². The molecule has 0 spiro atoms. The van der Waals surface area contributed by atoms with Gasteiger partial charge in [0, 0.05) is 17.9 Å². The van der Waals surface area contributed by atoms with Gasteiger partial charge in [-0.3, -0.25) is 0 Å². The molecule has 2 unspecified atom stereocenters. The zero-order chi connectivity index (χ0) is 22.8. The monoisotopic (exact) mass is 460 g/mol. The quantitative estimate of drug-likeness (QED) is 0.511. The molecule has 2 atom stereocenters. The number of ether oxygens (including phenoxy) is 1. The normalized spacial score (nSPS) is 20.9. The van der Waals surface area contributed by atoms with Crippen LogP contribution in [0.15, 0.2) is 64.8 Å². The molecular formula is C26H28N4O2S. The number of aryl methyl sites for hydroxylation is 1. The summed E-state index contributed by atoms with van der Waals surface area (Å²) in [6.45, 7) is 5.74. The largest absolute Gasteiger partial charge is 0.376 e. The smallest absolute Gasteiger partial charge is 0.258 e. The molecular weight excluding hydrogens is 432 g/mol. The van der Waals surface area contributed by atoms with Gasteiger partial charge >= 0.3 is 0 Å². The highest BCUT2D eigenvalue weighted by Crippen LogP contribution is 2.37. The number of thiocarbonyl (C=S) groups is 1. The Balaban J connectivity index is 1.54. The molecule has 0 amide bonds. The van der Waals surface area contributed by atoms with E-state index in [0.717, 1.165) is 48.3 Å². The molecule has 7 heteroatoms. The molecule has 170 valence electrons. The summed E-state index contributed by atoms with van der Waals surface area (Å²) in [5.41, 5.74) is 5.27. The molecule has 0 saturated carbocycles. The summed E-state index contributed by atoms with van der Waals surface area (Å²) in [5.74, 6) is 1.09. The minimum atomic E-state index is -0.171. The summed E-state index contributed by atoms with van der Waals surface area (Å²) < 4.78 is 11.7. The van der Waals surface area contributed by atoms with Crippen molar-refractivity contribution in [3.05, 3.63) is 77.3 Å². The molecule has 3 aromatic rings. The Labute approximate surface area is 199 Å². The number of nitrogens with one attached hydrogen (secondary N) is 1. The van der Waals surface area contributed by atoms with Gasteiger partial charge in [-0.15, -0.1) is 0 Å². The number of benzene rings is 2. The van der Waals surface area contributed by atoms with Crippen LogP contribution in [-0.4, -0.2) is 39.4 Å². The third kappa shape index (κ3) is 4.43. The van der Waals surface area contributed by atoms with Gasteiger partial charge < -0.3 is 19.5 Å². The van der Waals surface area contributed by atoms with E-state index < -0.39 is 0 Å². The van der Waals surface area contributed by atoms with Crippen molar-refractivity contribution in [3.63, 3.8) is 0 Å². The first kappa shape index (κ1) is 21.8. The van der Waals surface area contributed by atoms with Crippen LogP contribution in [0.1, 0.15) is 49.7 Å². The van der Waals surface area contributed by atoms with Crippen LogP contribution in [0.5, 0.6) is 0 Å². The van der Waals surface area contributed by atoms with Crippen LogP contribution in [0, 0.1) is 0 Å². The van der Waals surface area contributed by atoms with Crippen molar-refractivity contribution in [1.29, 1.82) is 0 Å². The third-order valence-electron chi connectivity index (χ3n) is 6.42. The standard InChI is InChI=1S/C26H28N4O2S/c1-3-18-11-13-20(14-12-18)24-28-25(32-29-24)22-17(2)30(16-21-10-7-15-31-21)26(33)27-23(22)19-8-5-4-6-9-19/h4-6,8-9,11-14,21,23H,3,7,10,15-16H2,1-2H3,(H,27,33). The number of hydrogen-bond acceptors (Lipinski definition) is 5. The Morgan fingerprint density at radius 3 is 2.61 bits per heavy atom. The van der Waals surface area contributed by atoms with Crippen molar-refractivity contribution < 1.29 is 9.26 Å². The molecule has 3 heterocycles. The molecule has 0 aliphatic carbocycles. The summed E-state index contributed by atoms with van der Waals surface area (Å²) in [7, 11) is 0. The second kappa shape index (κ2) is 9.45. The van der Waals surface area contributed by atoms with Gasteiger partial charge in [-0.25, -0.2) is 0 Å². The van der Waals surface area contributed by atoms with Crippen LogP contribution in [-0.2, 0) is 11.2 Å². The van der Waals surface area contributed by atoms with Gasteiger partial charge in [0.2, 0.25) is 5.82 Å². The lowest BCUT2D eigenvalue weighted by Gasteiger charge is -2.38. The minimum absolute atomic E-state index is 0.171. The van der Waals surface area contributed by atoms with Crippen LogP contribution >= 0.6 is 12.2 Å². The van der Waals surface area contributed by atoms with E-state index in [0.29, 0.717) is 23.4 Å². The van der Waals surface area contributed by atoms with Crippen molar-refractivity contribution in [2.24, 2.45) is 0 Å². The van der Waals surface area contributed by atoms with E-state index >= 15 is 0 Å². The summed E-state index contributed by atoms with van der Waals surface area (Å²) >= 11 is 5.78. The Hall–Kier alpha value is -3.03. The second-order valence-corrected chi connectivity index (χ2v) is 8.90. The van der Waals surface area contributed by atoms with Gasteiger partial charge in [-0.2, -0.15) is 4.98 Å². The third-order valence-corrected chi connectivity index (χ3v) is 6.75. The minimum Gasteiger partial charge on any atom is -0.376 e. The Bertz CT molecular complexity index is 1150. The predicted molar refractivity (Wildman–Crippen MR) is 132 cm³/mol. The van der Waals surface area contributed by atoms with Gasteiger partial charge in [0.05, 0.1) is 24.3 Å². The van der Waals surface area contributed by atoms with Crippen molar-refractivity contribution in [2.75, 3.05) is 13.2 Å². The number of aromatic nitrogens is 2. The molecule has 1 aromatic heterocycles. The van der Waals surface area contributed by atoms with Gasteiger partial charge in [0.25, 0.3) is 5.89 Å². The maximum absolute atomic E-state index is 5.88. The van der Waals surface area contributed by atoms with Crippen molar-refractivity contribution in [2.45, 2.75) is 45.3 Å². The molecule has 6 nitrogen and oxygen atoms in total. The van der Waals surface area contributed by atoms with Crippen LogP contribution in [0.2, 0.25) is 0 Å². The van der Waals surface area contributed by atoms with E-state index in [1.807, 2.05) is 30.3 Å². The highest BCUT2D eigenvalue weighted by molar-refractivity contribution is 7.80. The van der Waals surface area contributed by atoms with Crippen LogP contribution < -0.4 is 5.32 Å². The van der Waals surface area contributed by atoms with Gasteiger partial charge in [0.15, 0.2) is 5.11 Å². The average Bonchev–Trinajstić information content (AvgIpc) is 3.54. The SMILES string of the molecule is CCc1ccc(-c2noc(C3=C(C)N(CC4CCCO4)C(=S)NC3c3ccccc3)n2)cc1. The molecule has 2 aliphatic rings. The fourth-order valence-corrected chi connectivity index (χ4v) is 4.83. The highest BCUT2D eigenvalue weighted by Gasteiger charge is 2.35. The van der Waals surface area contributed by atoms with Crippen LogP contribution in [0.3, 0.4) is 0 Å². The fourth-order valence-electron chi connectivity index (χ4n) is 4.51. The zero-order valence-electron chi connectivity index (χ0n) is 19.0. The lowest BCUT2D eigenvalue weighted by atomic mass is 9.94. The van der Waals surface area contributed by atoms with Gasteiger partial charge in [-0.05, 0) is 49.5 Å². The van der Waals surface area contributed by atoms with Crippen LogP contribution in [0.4, 0.5) is 0 Å². The van der Waals surface area contributed by atoms with E-state index in [1.165, 1.54) is 5.56 Å². The van der Waals surface area contributed by atoms with Crippen molar-refractivity contribution in [3.8, 4) is 11.4 Å². The summed E-state index contributed by atoms with van der Waals surface area (Å²) in [4.78, 5) is 6.91. The Kier molecular flexibility index (Phi) is 6.24. The number of allylic oxidation sites excluding steroid dienone is 1. The molecule has 2 aromatic carbocycles. The van der Waals surface area contributed by atoms with Crippen molar-refractivity contribution in [1.82, 2.24) is 20.4 Å². The molecule has 2 aliphatic heterocycles. The molecule has 1 saturated heterocycles. The number of nitrogens with zero attached hydrogens (tertiary/aromatic N) is 3. The topological polar surface area (TPSA) is 63.4 Å². The Morgan fingerprint density at radius 1 is 1.12 bits per heavy atom. The van der Waals surface area contributed by atoms with E-state index in [4.69, 9.17) is 26.5 Å². The lowest BCUT2D eigenvalue weighted by Crippen LogP contribution is -2.48. The van der Waals surface area contributed by atoms with E-state index in [-0.39, 0.29) is 12.1 Å². The lowest BCUT2D eigenvalue weighted by molar-refractivity contribution is 0.0962. The second-order valence-electron chi connectivity index (χ2n) is 8.51. The van der Waals surface area contributed by atoms with E-state index in [2.05, 4.69) is 53.5 Å². The molecule has 33 heavy (non-hydrogen) atoms. The fraction of sp³-hybridized carbons (Fsp3) is 0.346. The van der Waals surface area contributed by atoms with Crippen molar-refractivity contribution >= 4 is 22.9 Å². The Morgan fingerprint density at radius 2 is 1.91 bits per heavy atom. The van der Waals surface area contributed by atoms with Crippen LogP contribution in [0.25, 0.3) is 17.0 Å². The molecule has 0 radical (unpaired) electrons. The molecule has 1 N–H and O–H groups in total. The predicted octanol–water partition coefficient (Wildman–Crippen LogP) is 5.14. The highest BCUT2D eigenvalue weighted by atomic mass is 32.1. The summed E-state index contributed by atoms with van der Waals surface area (Å²) in [5, 5.41) is 8.51. The summed E-state index contributed by atoms with van der Waals surface area (Å²) in [6, 6.07) is 18.4. The average molecular weight is 461 g/mol. The summed E-state index contributed by atoms with van der Waals surface area (Å²) in [6.07, 6.45) is 3.30. The number of hydrogen-bond donors (Lipinski definition) is 1. The maximum atomic E-state index is 5.88. The molecule has 0 bridgehead atoms. The number of rotatable bonds is 6.